The SMILES string of the molecule is C[C@@H]1OC(COCc2ccccc2)[C@@H](OCc2ccccc2)C(OCc2ccccc2)C1OCc1ccccc1. The molecule has 5 heteroatoms. The maximum Gasteiger partial charge on any atom is 0.115 e. The van der Waals surface area contributed by atoms with E-state index in [1.165, 1.54) is 0 Å². The van der Waals surface area contributed by atoms with E-state index in [2.05, 4.69) is 48.5 Å². The predicted molar refractivity (Wildman–Crippen MR) is 155 cm³/mol. The number of ether oxygens (including phenoxy) is 5. The van der Waals surface area contributed by atoms with Crippen molar-refractivity contribution in [2.24, 2.45) is 0 Å². The molecule has 5 atom stereocenters. The summed E-state index contributed by atoms with van der Waals surface area (Å²) in [5.74, 6) is 0. The maximum absolute atomic E-state index is 6.65. The summed E-state index contributed by atoms with van der Waals surface area (Å²) in [5, 5.41) is 0. The van der Waals surface area contributed by atoms with Gasteiger partial charge in [-0.05, 0) is 29.2 Å². The lowest BCUT2D eigenvalue weighted by Crippen LogP contribution is -2.60. The fourth-order valence-corrected chi connectivity index (χ4v) is 5.02. The van der Waals surface area contributed by atoms with Gasteiger partial charge in [0.2, 0.25) is 0 Å². The van der Waals surface area contributed by atoms with Crippen LogP contribution in [0.2, 0.25) is 0 Å². The largest absolute Gasteiger partial charge is 0.374 e. The van der Waals surface area contributed by atoms with Gasteiger partial charge in [0.1, 0.15) is 24.4 Å². The number of rotatable bonds is 13. The van der Waals surface area contributed by atoms with Crippen molar-refractivity contribution in [3.8, 4) is 0 Å². The Hall–Kier alpha value is -3.32. The van der Waals surface area contributed by atoms with E-state index >= 15 is 0 Å². The highest BCUT2D eigenvalue weighted by Crippen LogP contribution is 2.30. The molecule has 0 spiro atoms. The summed E-state index contributed by atoms with van der Waals surface area (Å²) in [6.45, 7) is 4.29. The molecule has 4 aromatic carbocycles. The van der Waals surface area contributed by atoms with Crippen molar-refractivity contribution in [3.05, 3.63) is 144 Å². The second-order valence-corrected chi connectivity index (χ2v) is 10.2. The van der Waals surface area contributed by atoms with E-state index in [1.54, 1.807) is 0 Å². The number of hydrogen-bond donors (Lipinski definition) is 0. The molecule has 1 aliphatic heterocycles. The highest BCUT2D eigenvalue weighted by molar-refractivity contribution is 5.16. The van der Waals surface area contributed by atoms with Crippen molar-refractivity contribution in [3.63, 3.8) is 0 Å². The van der Waals surface area contributed by atoms with E-state index < -0.39 is 6.10 Å². The van der Waals surface area contributed by atoms with E-state index in [4.69, 9.17) is 23.7 Å². The Morgan fingerprint density at radius 1 is 0.475 bits per heavy atom. The minimum absolute atomic E-state index is 0.216. The Morgan fingerprint density at radius 2 is 0.850 bits per heavy atom. The molecule has 1 fully saturated rings. The normalized spacial score (nSPS) is 22.7. The molecule has 3 unspecified atom stereocenters. The van der Waals surface area contributed by atoms with Crippen LogP contribution in [0, 0.1) is 0 Å². The molecule has 0 aliphatic carbocycles. The summed E-state index contributed by atoms with van der Waals surface area (Å²) in [6, 6.07) is 40.8. The van der Waals surface area contributed by atoms with Gasteiger partial charge in [0, 0.05) is 0 Å². The van der Waals surface area contributed by atoms with Gasteiger partial charge in [-0.1, -0.05) is 121 Å². The highest BCUT2D eigenvalue weighted by atomic mass is 16.6. The van der Waals surface area contributed by atoms with E-state index in [0.717, 1.165) is 22.3 Å². The maximum atomic E-state index is 6.65. The zero-order valence-corrected chi connectivity index (χ0v) is 23.0. The Labute approximate surface area is 237 Å². The van der Waals surface area contributed by atoms with Crippen molar-refractivity contribution in [1.82, 2.24) is 0 Å². The third-order valence-corrected chi connectivity index (χ3v) is 7.12. The first kappa shape index (κ1) is 28.2. The third-order valence-electron chi connectivity index (χ3n) is 7.12. The second-order valence-electron chi connectivity index (χ2n) is 10.2. The Kier molecular flexibility index (Phi) is 10.5. The average Bonchev–Trinajstić information content (AvgIpc) is 3.01. The van der Waals surface area contributed by atoms with Crippen LogP contribution in [0.1, 0.15) is 29.2 Å². The standard InChI is InChI=1S/C35H38O5/c1-27-33(37-23-29-16-8-3-9-17-29)35(39-25-31-20-12-5-13-21-31)34(38-24-30-18-10-4-11-19-30)32(40-27)26-36-22-28-14-6-2-7-15-28/h2-21,27,32-35H,22-26H2,1H3/t27-,32?,33?,34+,35?/m0/s1. The summed E-state index contributed by atoms with van der Waals surface area (Å²) < 4.78 is 32.5. The number of hydrogen-bond acceptors (Lipinski definition) is 5. The fraction of sp³-hybridized carbons (Fsp3) is 0.314. The molecule has 5 nitrogen and oxygen atoms in total. The Bertz CT molecular complexity index is 1240. The lowest BCUT2D eigenvalue weighted by Gasteiger charge is -2.45. The molecular formula is C35H38O5. The zero-order chi connectivity index (χ0) is 27.4. The first-order valence-electron chi connectivity index (χ1n) is 14.0. The first-order valence-corrected chi connectivity index (χ1v) is 14.0. The van der Waals surface area contributed by atoms with Crippen LogP contribution in [0.4, 0.5) is 0 Å². The molecule has 4 aromatic rings. The molecule has 208 valence electrons. The van der Waals surface area contributed by atoms with Crippen molar-refractivity contribution in [2.45, 2.75) is 63.9 Å². The van der Waals surface area contributed by atoms with Crippen LogP contribution >= 0.6 is 0 Å². The van der Waals surface area contributed by atoms with Crippen molar-refractivity contribution < 1.29 is 23.7 Å². The highest BCUT2D eigenvalue weighted by Gasteiger charge is 2.46. The molecule has 40 heavy (non-hydrogen) atoms. The molecule has 1 aliphatic rings. The summed E-state index contributed by atoms with van der Waals surface area (Å²) in [7, 11) is 0. The second kappa shape index (κ2) is 14.9. The lowest BCUT2D eigenvalue weighted by atomic mass is 9.94. The summed E-state index contributed by atoms with van der Waals surface area (Å²) in [6.07, 6.45) is -1.61. The molecule has 0 bridgehead atoms. The average molecular weight is 539 g/mol. The smallest absolute Gasteiger partial charge is 0.115 e. The zero-order valence-electron chi connectivity index (χ0n) is 23.0. The monoisotopic (exact) mass is 538 g/mol. The van der Waals surface area contributed by atoms with Crippen LogP contribution in [0.5, 0.6) is 0 Å². The molecule has 0 saturated carbocycles. The molecule has 0 aromatic heterocycles. The molecule has 1 saturated heterocycles. The predicted octanol–water partition coefficient (Wildman–Crippen LogP) is 6.75. The lowest BCUT2D eigenvalue weighted by molar-refractivity contribution is -0.269. The van der Waals surface area contributed by atoms with Crippen molar-refractivity contribution in [1.29, 1.82) is 0 Å². The summed E-state index contributed by atoms with van der Waals surface area (Å²) >= 11 is 0. The van der Waals surface area contributed by atoms with E-state index in [9.17, 15) is 0 Å². The van der Waals surface area contributed by atoms with Crippen LogP contribution in [-0.4, -0.2) is 37.1 Å². The van der Waals surface area contributed by atoms with Crippen LogP contribution in [-0.2, 0) is 50.1 Å². The van der Waals surface area contributed by atoms with E-state index in [0.29, 0.717) is 33.0 Å². The summed E-state index contributed by atoms with van der Waals surface area (Å²) in [4.78, 5) is 0. The molecule has 5 rings (SSSR count). The van der Waals surface area contributed by atoms with E-state index in [-0.39, 0.29) is 24.4 Å². The summed E-state index contributed by atoms with van der Waals surface area (Å²) in [5.41, 5.74) is 4.41. The van der Waals surface area contributed by atoms with Crippen molar-refractivity contribution in [2.75, 3.05) is 6.61 Å². The van der Waals surface area contributed by atoms with Gasteiger partial charge in [-0.15, -0.1) is 0 Å². The van der Waals surface area contributed by atoms with Crippen molar-refractivity contribution >= 4 is 0 Å². The van der Waals surface area contributed by atoms with Gasteiger partial charge in [0.25, 0.3) is 0 Å². The Balaban J connectivity index is 1.36. The quantitative estimate of drug-likeness (QED) is 0.189. The molecule has 0 radical (unpaired) electrons. The van der Waals surface area contributed by atoms with Gasteiger partial charge >= 0.3 is 0 Å². The Morgan fingerprint density at radius 3 is 1.30 bits per heavy atom. The number of benzene rings is 4. The van der Waals surface area contributed by atoms with Crippen LogP contribution in [0.15, 0.2) is 121 Å². The van der Waals surface area contributed by atoms with E-state index in [1.807, 2.05) is 79.7 Å². The minimum Gasteiger partial charge on any atom is -0.374 e. The fourth-order valence-electron chi connectivity index (χ4n) is 5.02. The first-order chi connectivity index (χ1) is 19.8. The third kappa shape index (κ3) is 8.10. The van der Waals surface area contributed by atoms with Crippen LogP contribution in [0.25, 0.3) is 0 Å². The molecule has 0 N–H and O–H groups in total. The van der Waals surface area contributed by atoms with Gasteiger partial charge in [0.05, 0.1) is 39.1 Å². The van der Waals surface area contributed by atoms with Gasteiger partial charge in [-0.25, -0.2) is 0 Å². The van der Waals surface area contributed by atoms with Gasteiger partial charge in [0.15, 0.2) is 0 Å². The molecule has 0 amide bonds. The van der Waals surface area contributed by atoms with Gasteiger partial charge < -0.3 is 23.7 Å². The van der Waals surface area contributed by atoms with Gasteiger partial charge in [-0.2, -0.15) is 0 Å². The van der Waals surface area contributed by atoms with Gasteiger partial charge in [-0.3, -0.25) is 0 Å². The molecular weight excluding hydrogens is 500 g/mol. The topological polar surface area (TPSA) is 46.2 Å². The van der Waals surface area contributed by atoms with Crippen LogP contribution < -0.4 is 0 Å². The van der Waals surface area contributed by atoms with Crippen LogP contribution in [0.3, 0.4) is 0 Å². The molecule has 1 heterocycles. The minimum atomic E-state index is -0.392.